The molecule has 1 unspecified atom stereocenters. The Labute approximate surface area is 334 Å². The van der Waals surface area contributed by atoms with Crippen molar-refractivity contribution in [1.29, 1.82) is 0 Å². The second-order valence-corrected chi connectivity index (χ2v) is 16.1. The summed E-state index contributed by atoms with van der Waals surface area (Å²) in [6, 6.07) is 69.0. The van der Waals surface area contributed by atoms with Crippen molar-refractivity contribution < 1.29 is 0 Å². The van der Waals surface area contributed by atoms with Crippen molar-refractivity contribution in [3.63, 3.8) is 0 Å². The average Bonchev–Trinajstić information content (AvgIpc) is 3.72. The zero-order chi connectivity index (χ0) is 38.1. The van der Waals surface area contributed by atoms with Crippen LogP contribution in [0.15, 0.2) is 211 Å². The van der Waals surface area contributed by atoms with Crippen LogP contribution in [0, 0.1) is 0 Å². The molecule has 0 N–H and O–H groups in total. The second-order valence-electron chi connectivity index (χ2n) is 16.1. The Morgan fingerprint density at radius 1 is 0.526 bits per heavy atom. The molecule has 2 nitrogen and oxygen atoms in total. The van der Waals surface area contributed by atoms with Gasteiger partial charge in [0.2, 0.25) is 0 Å². The summed E-state index contributed by atoms with van der Waals surface area (Å²) in [6.45, 7) is 4.80. The normalized spacial score (nSPS) is 15.6. The SMILES string of the molecule is CC1(C)C2=CC(N(c3cccc(-c4ccccc4)c3)c3ccc(-c4ccc5c(c4)c4ccccc4n5-c4ccccc4)c4ccccc34)=CCC2c2ccccc21. The lowest BCUT2D eigenvalue weighted by Gasteiger charge is -2.33. The molecule has 2 aliphatic rings. The molecule has 0 saturated carbocycles. The highest BCUT2D eigenvalue weighted by Crippen LogP contribution is 2.54. The standard InChI is InChI=1S/C55H42N2/c1-55(2)50-26-13-11-23-45(50)46-30-29-42(36-51(46)55)56(41-21-15-18-38(34-41)37-16-5-3-6-17-37)53-33-31-43(44-22-9-10-24-47(44)53)39-28-32-54-49(35-39)48-25-12-14-27-52(48)57(54)40-19-7-4-8-20-40/h3-29,31-36,46H,30H2,1-2H3. The molecule has 0 aliphatic heterocycles. The van der Waals surface area contributed by atoms with Crippen LogP contribution < -0.4 is 4.90 Å². The van der Waals surface area contributed by atoms with Crippen LogP contribution in [0.1, 0.15) is 37.3 Å². The third kappa shape index (κ3) is 5.32. The van der Waals surface area contributed by atoms with E-state index in [4.69, 9.17) is 0 Å². The third-order valence-corrected chi connectivity index (χ3v) is 12.6. The van der Waals surface area contributed by atoms with Crippen LogP contribution in [0.2, 0.25) is 0 Å². The van der Waals surface area contributed by atoms with E-state index >= 15 is 0 Å². The van der Waals surface area contributed by atoms with E-state index in [1.807, 2.05) is 0 Å². The van der Waals surface area contributed by atoms with Gasteiger partial charge >= 0.3 is 0 Å². The van der Waals surface area contributed by atoms with Gasteiger partial charge in [0, 0.05) is 44.6 Å². The molecule has 2 heteroatoms. The minimum Gasteiger partial charge on any atom is -0.310 e. The van der Waals surface area contributed by atoms with Crippen LogP contribution in [0.25, 0.3) is 60.5 Å². The molecule has 0 spiro atoms. The van der Waals surface area contributed by atoms with Gasteiger partial charge < -0.3 is 9.47 Å². The van der Waals surface area contributed by atoms with Gasteiger partial charge in [-0.1, -0.05) is 165 Å². The molecule has 9 aromatic rings. The predicted molar refractivity (Wildman–Crippen MR) is 241 cm³/mol. The van der Waals surface area contributed by atoms with Crippen LogP contribution in [-0.4, -0.2) is 4.57 Å². The maximum atomic E-state index is 2.51. The highest BCUT2D eigenvalue weighted by atomic mass is 15.1. The molecule has 1 heterocycles. The molecule has 8 aromatic carbocycles. The van der Waals surface area contributed by atoms with E-state index in [2.05, 4.69) is 224 Å². The first-order valence-corrected chi connectivity index (χ1v) is 20.1. The lowest BCUT2D eigenvalue weighted by Crippen LogP contribution is -2.23. The summed E-state index contributed by atoms with van der Waals surface area (Å²) in [6.07, 6.45) is 5.95. The van der Waals surface area contributed by atoms with Crippen LogP contribution in [0.4, 0.5) is 11.4 Å². The number of nitrogens with zero attached hydrogens (tertiary/aromatic N) is 2. The largest absolute Gasteiger partial charge is 0.310 e. The number of anilines is 2. The van der Waals surface area contributed by atoms with Gasteiger partial charge in [0.05, 0.1) is 16.7 Å². The van der Waals surface area contributed by atoms with E-state index in [9.17, 15) is 0 Å². The van der Waals surface area contributed by atoms with Gasteiger partial charge in [0.1, 0.15) is 0 Å². The summed E-state index contributed by atoms with van der Waals surface area (Å²) in [5, 5.41) is 4.98. The van der Waals surface area contributed by atoms with Crippen molar-refractivity contribution in [2.24, 2.45) is 0 Å². The van der Waals surface area contributed by atoms with Crippen molar-refractivity contribution in [3.05, 3.63) is 223 Å². The van der Waals surface area contributed by atoms with Crippen molar-refractivity contribution in [3.8, 4) is 27.9 Å². The van der Waals surface area contributed by atoms with Crippen LogP contribution in [0.5, 0.6) is 0 Å². The van der Waals surface area contributed by atoms with E-state index in [1.165, 1.54) is 88.6 Å². The maximum Gasteiger partial charge on any atom is 0.0541 e. The van der Waals surface area contributed by atoms with Gasteiger partial charge in [-0.25, -0.2) is 0 Å². The Morgan fingerprint density at radius 2 is 1.21 bits per heavy atom. The number of aromatic nitrogens is 1. The molecule has 1 aromatic heterocycles. The summed E-state index contributed by atoms with van der Waals surface area (Å²) in [5.74, 6) is 0.402. The molecule has 0 amide bonds. The van der Waals surface area contributed by atoms with Gasteiger partial charge in [-0.2, -0.15) is 0 Å². The summed E-state index contributed by atoms with van der Waals surface area (Å²) < 4.78 is 2.39. The predicted octanol–water partition coefficient (Wildman–Crippen LogP) is 14.7. The first-order chi connectivity index (χ1) is 28.0. The fourth-order valence-electron chi connectivity index (χ4n) is 9.88. The minimum atomic E-state index is -0.0491. The Kier molecular flexibility index (Phi) is 7.69. The Hall–Kier alpha value is -6.90. The summed E-state index contributed by atoms with van der Waals surface area (Å²) in [4.78, 5) is 2.51. The topological polar surface area (TPSA) is 8.17 Å². The number of rotatable bonds is 6. The van der Waals surface area contributed by atoms with E-state index in [-0.39, 0.29) is 5.41 Å². The number of benzene rings is 8. The molecular formula is C55H42N2. The molecule has 2 aliphatic carbocycles. The van der Waals surface area contributed by atoms with Crippen molar-refractivity contribution in [2.75, 3.05) is 4.90 Å². The number of hydrogen-bond acceptors (Lipinski definition) is 1. The monoisotopic (exact) mass is 730 g/mol. The molecule has 0 fully saturated rings. The molecule has 1 atom stereocenters. The van der Waals surface area contributed by atoms with Crippen LogP contribution in [0.3, 0.4) is 0 Å². The summed E-state index contributed by atoms with van der Waals surface area (Å²) >= 11 is 0. The maximum absolute atomic E-state index is 2.51. The van der Waals surface area contributed by atoms with Gasteiger partial charge in [-0.15, -0.1) is 0 Å². The molecule has 57 heavy (non-hydrogen) atoms. The lowest BCUT2D eigenvalue weighted by molar-refractivity contribution is 0.609. The van der Waals surface area contributed by atoms with Crippen LogP contribution >= 0.6 is 0 Å². The fourth-order valence-corrected chi connectivity index (χ4v) is 9.88. The first kappa shape index (κ1) is 33.4. The van der Waals surface area contributed by atoms with E-state index in [0.29, 0.717) is 5.92 Å². The fraction of sp³-hybridized carbons (Fsp3) is 0.0909. The van der Waals surface area contributed by atoms with Gasteiger partial charge in [-0.05, 0) is 99.8 Å². The van der Waals surface area contributed by atoms with E-state index in [0.717, 1.165) is 12.1 Å². The molecular weight excluding hydrogens is 689 g/mol. The lowest BCUT2D eigenvalue weighted by atomic mass is 9.78. The number of fused-ring (bicyclic) bond motifs is 7. The van der Waals surface area contributed by atoms with Crippen molar-refractivity contribution >= 4 is 44.0 Å². The highest BCUT2D eigenvalue weighted by Gasteiger charge is 2.42. The van der Waals surface area contributed by atoms with Gasteiger partial charge in [-0.3, -0.25) is 0 Å². The first-order valence-electron chi connectivity index (χ1n) is 20.1. The third-order valence-electron chi connectivity index (χ3n) is 12.6. The van der Waals surface area contributed by atoms with Gasteiger partial charge in [0.25, 0.3) is 0 Å². The molecule has 272 valence electrons. The zero-order valence-corrected chi connectivity index (χ0v) is 32.2. The highest BCUT2D eigenvalue weighted by molar-refractivity contribution is 6.12. The van der Waals surface area contributed by atoms with E-state index in [1.54, 1.807) is 0 Å². The Bertz CT molecular complexity index is 3070. The smallest absolute Gasteiger partial charge is 0.0541 e. The molecule has 0 bridgehead atoms. The van der Waals surface area contributed by atoms with Crippen molar-refractivity contribution in [1.82, 2.24) is 4.57 Å². The Morgan fingerprint density at radius 3 is 2.05 bits per heavy atom. The van der Waals surface area contributed by atoms with E-state index < -0.39 is 0 Å². The summed E-state index contributed by atoms with van der Waals surface area (Å²) in [5.41, 5.74) is 16.4. The Balaban J connectivity index is 1.09. The zero-order valence-electron chi connectivity index (χ0n) is 32.2. The number of hydrogen-bond donors (Lipinski definition) is 0. The van der Waals surface area contributed by atoms with Crippen LogP contribution in [-0.2, 0) is 5.41 Å². The molecule has 0 saturated heterocycles. The minimum absolute atomic E-state index is 0.0491. The summed E-state index contributed by atoms with van der Waals surface area (Å²) in [7, 11) is 0. The van der Waals surface area contributed by atoms with Crippen molar-refractivity contribution in [2.45, 2.75) is 31.6 Å². The number of allylic oxidation sites excluding steroid dienone is 3. The molecule has 0 radical (unpaired) electrons. The average molecular weight is 731 g/mol. The second kappa shape index (κ2) is 13.1. The number of para-hydroxylation sites is 2. The van der Waals surface area contributed by atoms with Gasteiger partial charge in [0.15, 0.2) is 0 Å². The quantitative estimate of drug-likeness (QED) is 0.165. The molecule has 11 rings (SSSR count).